The quantitative estimate of drug-likeness (QED) is 0.0862. The van der Waals surface area contributed by atoms with E-state index in [1.54, 1.807) is 18.5 Å². The second-order valence-corrected chi connectivity index (χ2v) is 12.4. The Labute approximate surface area is 218 Å². The van der Waals surface area contributed by atoms with Gasteiger partial charge in [-0.1, -0.05) is 117 Å². The molecule has 186 valence electrons. The van der Waals surface area contributed by atoms with Crippen molar-refractivity contribution >= 4 is 45.3 Å². The van der Waals surface area contributed by atoms with Gasteiger partial charge in [-0.15, -0.1) is 7.92 Å². The molecule has 0 atom stereocenters. The molecule has 0 heterocycles. The van der Waals surface area contributed by atoms with Crippen LogP contribution in [-0.4, -0.2) is 62.7 Å². The molecule has 0 rings (SSSR count). The Bertz CT molecular complexity index is 321. The normalized spacial score (nSPS) is 11.2. The van der Waals surface area contributed by atoms with Gasteiger partial charge < -0.3 is 14.7 Å². The van der Waals surface area contributed by atoms with Crippen LogP contribution in [0.2, 0.25) is 0 Å². The van der Waals surface area contributed by atoms with E-state index >= 15 is 0 Å². The third kappa shape index (κ3) is 42.2. The molecule has 0 fully saturated rings. The van der Waals surface area contributed by atoms with Gasteiger partial charge in [0.05, 0.1) is 0 Å². The molecule has 7 heteroatoms. The summed E-state index contributed by atoms with van der Waals surface area (Å²) in [5.41, 5.74) is 0. The van der Waals surface area contributed by atoms with Crippen molar-refractivity contribution in [3.8, 4) is 0 Å². The van der Waals surface area contributed by atoms with E-state index in [4.69, 9.17) is 19.2 Å². The summed E-state index contributed by atoms with van der Waals surface area (Å²) in [5, 5.41) is 0. The minimum absolute atomic E-state index is 0. The fourth-order valence-electron chi connectivity index (χ4n) is 3.68. The number of rotatable bonds is 21. The minimum atomic E-state index is -4.64. The molecule has 0 aliphatic heterocycles. The zero-order valence-corrected chi connectivity index (χ0v) is 22.3. The Morgan fingerprint density at radius 2 is 0.677 bits per heavy atom. The predicted octanol–water partition coefficient (Wildman–Crippen LogP) is 7.97. The maximum absolute atomic E-state index is 8.88. The van der Waals surface area contributed by atoms with Gasteiger partial charge >= 0.3 is 37.4 Å². The first-order valence-electron chi connectivity index (χ1n) is 12.9. The van der Waals surface area contributed by atoms with Gasteiger partial charge in [0.15, 0.2) is 0 Å². The van der Waals surface area contributed by atoms with Crippen LogP contribution in [0, 0.1) is 0 Å². The van der Waals surface area contributed by atoms with E-state index < -0.39 is 7.82 Å². The SMILES string of the molecule is CCCCCCCCP(CCCCCCCC)CCCCCCCC.O=P(O)(O)O.[NaH]. The fourth-order valence-corrected chi connectivity index (χ4v) is 6.37. The molecule has 0 saturated carbocycles. The van der Waals surface area contributed by atoms with E-state index in [0.29, 0.717) is 7.92 Å². The second-order valence-electron chi connectivity index (χ2n) is 8.66. The molecule has 4 nitrogen and oxygen atoms in total. The van der Waals surface area contributed by atoms with Gasteiger partial charge in [0.2, 0.25) is 0 Å². The van der Waals surface area contributed by atoms with Crippen LogP contribution < -0.4 is 0 Å². The van der Waals surface area contributed by atoms with Crippen molar-refractivity contribution in [1.82, 2.24) is 0 Å². The topological polar surface area (TPSA) is 77.8 Å². The maximum atomic E-state index is 8.88. The van der Waals surface area contributed by atoms with Gasteiger partial charge in [0, 0.05) is 0 Å². The summed E-state index contributed by atoms with van der Waals surface area (Å²) in [6.45, 7) is 6.96. The molecule has 0 aliphatic rings. The van der Waals surface area contributed by atoms with Crippen LogP contribution >= 0.6 is 15.7 Å². The van der Waals surface area contributed by atoms with Gasteiger partial charge in [-0.3, -0.25) is 0 Å². The summed E-state index contributed by atoms with van der Waals surface area (Å²) in [4.78, 5) is 21.6. The van der Waals surface area contributed by atoms with E-state index in [1.165, 1.54) is 116 Å². The third-order valence-corrected chi connectivity index (χ3v) is 8.33. The monoisotopic (exact) mass is 492 g/mol. The predicted molar refractivity (Wildman–Crippen MR) is 143 cm³/mol. The first kappa shape index (κ1) is 37.1. The molecule has 0 bridgehead atoms. The van der Waals surface area contributed by atoms with Crippen molar-refractivity contribution in [2.75, 3.05) is 18.5 Å². The van der Waals surface area contributed by atoms with Crippen molar-refractivity contribution in [3.63, 3.8) is 0 Å². The van der Waals surface area contributed by atoms with Crippen LogP contribution in [-0.2, 0) is 4.57 Å². The molecular weight excluding hydrogens is 437 g/mol. The van der Waals surface area contributed by atoms with Crippen LogP contribution in [0.1, 0.15) is 136 Å². The Morgan fingerprint density at radius 1 is 0.484 bits per heavy atom. The van der Waals surface area contributed by atoms with E-state index in [0.717, 1.165) is 0 Å². The van der Waals surface area contributed by atoms with Crippen LogP contribution in [0.25, 0.3) is 0 Å². The molecule has 0 saturated heterocycles. The van der Waals surface area contributed by atoms with E-state index in [1.807, 2.05) is 0 Å². The summed E-state index contributed by atoms with van der Waals surface area (Å²) in [6, 6.07) is 0. The summed E-state index contributed by atoms with van der Waals surface area (Å²) in [6.07, 6.45) is 31.2. The Balaban J connectivity index is -0.00000116. The first-order chi connectivity index (χ1) is 14.3. The molecule has 0 aromatic carbocycles. The van der Waals surface area contributed by atoms with Gasteiger partial charge in [0.25, 0.3) is 0 Å². The average Bonchev–Trinajstić information content (AvgIpc) is 2.68. The van der Waals surface area contributed by atoms with Crippen LogP contribution in [0.15, 0.2) is 0 Å². The van der Waals surface area contributed by atoms with Crippen molar-refractivity contribution in [3.05, 3.63) is 0 Å². The Morgan fingerprint density at radius 3 is 0.903 bits per heavy atom. The molecule has 0 amide bonds. The number of hydrogen-bond donors (Lipinski definition) is 3. The van der Waals surface area contributed by atoms with Crippen LogP contribution in [0.5, 0.6) is 0 Å². The zero-order chi connectivity index (χ0) is 22.9. The average molecular weight is 493 g/mol. The van der Waals surface area contributed by atoms with Crippen molar-refractivity contribution in [2.45, 2.75) is 136 Å². The molecule has 31 heavy (non-hydrogen) atoms. The zero-order valence-electron chi connectivity index (χ0n) is 20.5. The molecule has 0 aromatic rings. The molecule has 0 aliphatic carbocycles. The van der Waals surface area contributed by atoms with Crippen molar-refractivity contribution in [1.29, 1.82) is 0 Å². The van der Waals surface area contributed by atoms with Crippen molar-refractivity contribution < 1.29 is 19.2 Å². The molecule has 0 unspecified atom stereocenters. The summed E-state index contributed by atoms with van der Waals surface area (Å²) < 4.78 is 8.88. The summed E-state index contributed by atoms with van der Waals surface area (Å²) >= 11 is 0. The van der Waals surface area contributed by atoms with Gasteiger partial charge in [-0.05, 0) is 37.7 Å². The molecule has 0 aromatic heterocycles. The second kappa shape index (κ2) is 29.6. The fraction of sp³-hybridized carbons (Fsp3) is 1.00. The standard InChI is InChI=1S/C24H51P.Na.H3O4P.H/c1-4-7-10-13-16-19-22-25(23-20-17-14-11-8-5-2)24-21-18-15-12-9-6-3;;1-5(2,3)4;/h4-24H2,1-3H3;;(H3,1,2,3,4);. The Kier molecular flexibility index (Phi) is 35.4. The van der Waals surface area contributed by atoms with Crippen LogP contribution in [0.4, 0.5) is 0 Å². The van der Waals surface area contributed by atoms with Gasteiger partial charge in [0.1, 0.15) is 0 Å². The van der Waals surface area contributed by atoms with E-state index in [-0.39, 0.29) is 29.6 Å². The number of phosphoric acid groups is 1. The summed E-state index contributed by atoms with van der Waals surface area (Å²) in [7, 11) is -4.27. The van der Waals surface area contributed by atoms with Crippen molar-refractivity contribution in [2.24, 2.45) is 0 Å². The molecule has 3 N–H and O–H groups in total. The molecule has 0 spiro atoms. The van der Waals surface area contributed by atoms with Gasteiger partial charge in [-0.25, -0.2) is 4.57 Å². The van der Waals surface area contributed by atoms with Gasteiger partial charge in [-0.2, -0.15) is 0 Å². The number of hydrogen-bond acceptors (Lipinski definition) is 1. The van der Waals surface area contributed by atoms with E-state index in [2.05, 4.69) is 20.8 Å². The molecule has 0 radical (unpaired) electrons. The first-order valence-corrected chi connectivity index (χ1v) is 16.3. The molecular formula is C24H55NaO4P2. The van der Waals surface area contributed by atoms with E-state index in [9.17, 15) is 0 Å². The number of unbranched alkanes of at least 4 members (excludes halogenated alkanes) is 15. The summed E-state index contributed by atoms with van der Waals surface area (Å²) in [5.74, 6) is 0. The third-order valence-electron chi connectivity index (χ3n) is 5.48. The Hall–Kier alpha value is 1.54. The van der Waals surface area contributed by atoms with Crippen LogP contribution in [0.3, 0.4) is 0 Å².